The van der Waals surface area contributed by atoms with Gasteiger partial charge in [0.2, 0.25) is 0 Å². The normalized spacial score (nSPS) is 24.0. The van der Waals surface area contributed by atoms with Gasteiger partial charge < -0.3 is 4.98 Å². The molecule has 2 nitrogen and oxygen atoms in total. The summed E-state index contributed by atoms with van der Waals surface area (Å²) >= 11 is 7.22. The summed E-state index contributed by atoms with van der Waals surface area (Å²) in [5.74, 6) is 0. The van der Waals surface area contributed by atoms with Crippen LogP contribution in [0.4, 0.5) is 0 Å². The summed E-state index contributed by atoms with van der Waals surface area (Å²) in [4.78, 5) is 15.0. The summed E-state index contributed by atoms with van der Waals surface area (Å²) < 4.78 is 0. The summed E-state index contributed by atoms with van der Waals surface area (Å²) in [5, 5.41) is 0. The number of hydrogen-bond donors (Lipinski definition) is 1. The van der Waals surface area contributed by atoms with Crippen molar-refractivity contribution in [2.75, 3.05) is 0 Å². The van der Waals surface area contributed by atoms with Crippen molar-refractivity contribution in [3.63, 3.8) is 0 Å². The number of pyridine rings is 1. The van der Waals surface area contributed by atoms with Crippen LogP contribution in [0.15, 0.2) is 10.9 Å². The van der Waals surface area contributed by atoms with Crippen molar-refractivity contribution >= 4 is 37.9 Å². The molecule has 0 aliphatic heterocycles. The molecule has 15 heavy (non-hydrogen) atoms. The molecule has 1 aromatic rings. The Hall–Kier alpha value is -0.350. The largest absolute Gasteiger partial charge is 0.322 e. The molecule has 0 bridgehead atoms. The van der Waals surface area contributed by atoms with Gasteiger partial charge in [0, 0.05) is 16.1 Å². The maximum atomic E-state index is 11.6. The van der Waals surface area contributed by atoms with Crippen LogP contribution < -0.4 is 5.56 Å². The molecule has 4 heteroatoms. The first-order valence-electron chi connectivity index (χ1n) is 4.72. The van der Waals surface area contributed by atoms with Gasteiger partial charge in [0.15, 0.2) is 0 Å². The van der Waals surface area contributed by atoms with E-state index in [4.69, 9.17) is 0 Å². The molecule has 1 aliphatic carbocycles. The Labute approximate surface area is 105 Å². The van der Waals surface area contributed by atoms with Crippen molar-refractivity contribution < 1.29 is 0 Å². The molecule has 0 amide bonds. The van der Waals surface area contributed by atoms with Crippen molar-refractivity contribution in [1.29, 1.82) is 0 Å². The summed E-state index contributed by atoms with van der Waals surface area (Å²) in [5.41, 5.74) is 3.97. The topological polar surface area (TPSA) is 32.9 Å². The summed E-state index contributed by atoms with van der Waals surface area (Å²) in [6.07, 6.45) is 3.99. The van der Waals surface area contributed by atoms with Gasteiger partial charge in [0.25, 0.3) is 5.56 Å². The van der Waals surface area contributed by atoms with Gasteiger partial charge in [-0.3, -0.25) is 4.79 Å². The zero-order valence-corrected chi connectivity index (χ0v) is 11.6. The average molecular weight is 333 g/mol. The third-order valence-electron chi connectivity index (χ3n) is 2.85. The molecule has 2 atom stereocenters. The lowest BCUT2D eigenvalue weighted by molar-refractivity contribution is 0.943. The first kappa shape index (κ1) is 11.1. The van der Waals surface area contributed by atoms with Crippen LogP contribution in [0.3, 0.4) is 0 Å². The van der Waals surface area contributed by atoms with Crippen molar-refractivity contribution in [2.24, 2.45) is 0 Å². The molecule has 1 aromatic heterocycles. The fraction of sp³-hybridized carbons (Fsp3) is 0.364. The number of hydrogen-bond acceptors (Lipinski definition) is 1. The highest BCUT2D eigenvalue weighted by Crippen LogP contribution is 2.39. The van der Waals surface area contributed by atoms with Gasteiger partial charge in [-0.1, -0.05) is 37.9 Å². The zero-order valence-electron chi connectivity index (χ0n) is 8.47. The molecule has 0 radical (unpaired) electrons. The molecule has 2 rings (SSSR count). The molecule has 0 saturated heterocycles. The second-order valence-corrected chi connectivity index (χ2v) is 5.78. The second-order valence-electron chi connectivity index (χ2n) is 3.74. The number of aromatic amines is 1. The lowest BCUT2D eigenvalue weighted by Crippen LogP contribution is -2.20. The van der Waals surface area contributed by atoms with Crippen LogP contribution in [-0.2, 0) is 0 Å². The highest BCUT2D eigenvalue weighted by Gasteiger charge is 2.25. The molecule has 1 heterocycles. The van der Waals surface area contributed by atoms with Crippen LogP contribution >= 0.6 is 31.9 Å². The maximum absolute atomic E-state index is 11.6. The Morgan fingerprint density at radius 2 is 1.93 bits per heavy atom. The number of alkyl halides is 2. The van der Waals surface area contributed by atoms with Crippen LogP contribution in [0.25, 0.3) is 6.08 Å². The minimum absolute atomic E-state index is 0.00335. The third-order valence-corrected chi connectivity index (χ3v) is 5.42. The van der Waals surface area contributed by atoms with Crippen LogP contribution in [0.2, 0.25) is 0 Å². The van der Waals surface area contributed by atoms with E-state index in [9.17, 15) is 4.79 Å². The van der Waals surface area contributed by atoms with Crippen LogP contribution in [0, 0.1) is 13.8 Å². The zero-order chi connectivity index (χ0) is 11.2. The summed E-state index contributed by atoms with van der Waals surface area (Å²) in [7, 11) is 0. The van der Waals surface area contributed by atoms with E-state index in [-0.39, 0.29) is 15.2 Å². The van der Waals surface area contributed by atoms with E-state index in [0.717, 1.165) is 16.8 Å². The first-order valence-corrected chi connectivity index (χ1v) is 6.55. The molecule has 0 saturated carbocycles. The molecule has 0 fully saturated rings. The molecule has 0 spiro atoms. The van der Waals surface area contributed by atoms with Crippen molar-refractivity contribution in [3.05, 3.63) is 38.8 Å². The SMILES string of the molecule is Cc1c2c([nH]c(=O)c1C)C=C[C@@H](Br)[C@H]2Br. The number of aromatic nitrogens is 1. The van der Waals surface area contributed by atoms with Crippen molar-refractivity contribution in [1.82, 2.24) is 4.98 Å². The molecule has 0 unspecified atom stereocenters. The van der Waals surface area contributed by atoms with Gasteiger partial charge in [-0.05, 0) is 31.1 Å². The Bertz CT molecular complexity index is 490. The smallest absolute Gasteiger partial charge is 0.251 e. The van der Waals surface area contributed by atoms with Gasteiger partial charge in [-0.2, -0.15) is 0 Å². The number of halogens is 2. The fourth-order valence-electron chi connectivity index (χ4n) is 1.79. The Kier molecular flexibility index (Phi) is 2.90. The Morgan fingerprint density at radius 1 is 1.27 bits per heavy atom. The van der Waals surface area contributed by atoms with E-state index in [1.54, 1.807) is 0 Å². The first-order chi connectivity index (χ1) is 7.02. The fourth-order valence-corrected chi connectivity index (χ4v) is 2.97. The minimum Gasteiger partial charge on any atom is -0.322 e. The van der Waals surface area contributed by atoms with Crippen LogP contribution in [0.5, 0.6) is 0 Å². The lowest BCUT2D eigenvalue weighted by atomic mass is 9.95. The average Bonchev–Trinajstić information content (AvgIpc) is 2.20. The molecular weight excluding hydrogens is 322 g/mol. The van der Waals surface area contributed by atoms with Crippen molar-refractivity contribution in [3.8, 4) is 0 Å². The molecule has 80 valence electrons. The van der Waals surface area contributed by atoms with Gasteiger partial charge in [-0.15, -0.1) is 0 Å². The highest BCUT2D eigenvalue weighted by molar-refractivity contribution is 9.12. The lowest BCUT2D eigenvalue weighted by Gasteiger charge is -2.23. The van der Waals surface area contributed by atoms with Crippen molar-refractivity contribution in [2.45, 2.75) is 23.5 Å². The number of allylic oxidation sites excluding steroid dienone is 1. The highest BCUT2D eigenvalue weighted by atomic mass is 79.9. The van der Waals surface area contributed by atoms with Gasteiger partial charge in [0.1, 0.15) is 0 Å². The number of fused-ring (bicyclic) bond motifs is 1. The molecule has 1 aliphatic rings. The molecule has 1 N–H and O–H groups in total. The van der Waals surface area contributed by atoms with E-state index < -0.39 is 0 Å². The van der Waals surface area contributed by atoms with E-state index in [2.05, 4.69) is 36.8 Å². The van der Waals surface area contributed by atoms with Crippen LogP contribution in [-0.4, -0.2) is 9.81 Å². The predicted octanol–water partition coefficient (Wildman–Crippen LogP) is 3.22. The van der Waals surface area contributed by atoms with Gasteiger partial charge >= 0.3 is 0 Å². The van der Waals surface area contributed by atoms with Crippen LogP contribution in [0.1, 0.15) is 27.2 Å². The quantitative estimate of drug-likeness (QED) is 0.727. The van der Waals surface area contributed by atoms with E-state index in [0.29, 0.717) is 0 Å². The minimum atomic E-state index is 0.00335. The number of nitrogens with one attached hydrogen (secondary N) is 1. The Balaban J connectivity index is 2.75. The number of H-pyrrole nitrogens is 1. The predicted molar refractivity (Wildman–Crippen MR) is 70.0 cm³/mol. The monoisotopic (exact) mass is 331 g/mol. The van der Waals surface area contributed by atoms with E-state index in [1.807, 2.05) is 26.0 Å². The van der Waals surface area contributed by atoms with E-state index in [1.165, 1.54) is 5.56 Å². The third kappa shape index (κ3) is 1.74. The number of rotatable bonds is 0. The Morgan fingerprint density at radius 3 is 2.60 bits per heavy atom. The summed E-state index contributed by atoms with van der Waals surface area (Å²) in [6.45, 7) is 3.85. The maximum Gasteiger partial charge on any atom is 0.251 e. The second kappa shape index (κ2) is 3.91. The standard InChI is InChI=1S/C11H11Br2NO/c1-5-6(2)11(15)14-8-4-3-7(12)10(13)9(5)8/h3-4,7,10H,1-2H3,(H,14,15)/t7-,10-/m1/s1. The van der Waals surface area contributed by atoms with Gasteiger partial charge in [-0.25, -0.2) is 0 Å². The molecule has 0 aromatic carbocycles. The van der Waals surface area contributed by atoms with E-state index >= 15 is 0 Å². The summed E-state index contributed by atoms with van der Waals surface area (Å²) in [6, 6.07) is 0. The van der Waals surface area contributed by atoms with Gasteiger partial charge in [0.05, 0.1) is 4.83 Å². The molecular formula is C11H11Br2NO.